The van der Waals surface area contributed by atoms with Gasteiger partial charge in [0.05, 0.1) is 16.7 Å². The van der Waals surface area contributed by atoms with Crippen LogP contribution in [0.15, 0.2) is 53.6 Å². The van der Waals surface area contributed by atoms with Gasteiger partial charge in [-0.2, -0.15) is 5.10 Å². The molecular formula is C16H16N4O3. The van der Waals surface area contributed by atoms with Crippen LogP contribution in [0.4, 0.5) is 11.4 Å². The van der Waals surface area contributed by atoms with E-state index in [4.69, 9.17) is 0 Å². The molecule has 0 fully saturated rings. The van der Waals surface area contributed by atoms with Crippen molar-refractivity contribution in [3.8, 4) is 0 Å². The predicted octanol–water partition coefficient (Wildman–Crippen LogP) is 2.42. The van der Waals surface area contributed by atoms with Crippen LogP contribution in [0.5, 0.6) is 0 Å². The summed E-state index contributed by atoms with van der Waals surface area (Å²) in [5, 5.41) is 14.7. The Kier molecular flexibility index (Phi) is 5.03. The molecule has 0 aromatic heterocycles. The molecule has 0 bridgehead atoms. The maximum atomic E-state index is 12.0. The molecule has 0 radical (unpaired) electrons. The molecule has 2 aromatic rings. The Bertz CT molecular complexity index is 739. The van der Waals surface area contributed by atoms with Crippen molar-refractivity contribution in [3.63, 3.8) is 0 Å². The third kappa shape index (κ3) is 4.13. The summed E-state index contributed by atoms with van der Waals surface area (Å²) in [6, 6.07) is 13.2. The standard InChI is InChI=1S/C16H16N4O3/c1-19(2)14-9-7-12(8-10-14)16(21)18-17-11-13-5-3-4-6-15(13)20(22)23/h3-11H,1-2H3,(H,18,21)/b17-11+. The van der Waals surface area contributed by atoms with Gasteiger partial charge in [0.1, 0.15) is 0 Å². The van der Waals surface area contributed by atoms with Crippen molar-refractivity contribution < 1.29 is 9.72 Å². The van der Waals surface area contributed by atoms with E-state index >= 15 is 0 Å². The van der Waals surface area contributed by atoms with E-state index in [1.807, 2.05) is 31.1 Å². The minimum absolute atomic E-state index is 0.0687. The SMILES string of the molecule is CN(C)c1ccc(C(=O)N/N=C/c2ccccc2[N+](=O)[O-])cc1. The average molecular weight is 312 g/mol. The molecule has 1 N–H and O–H groups in total. The molecule has 7 heteroatoms. The first kappa shape index (κ1) is 16.2. The van der Waals surface area contributed by atoms with Gasteiger partial charge < -0.3 is 4.90 Å². The maximum absolute atomic E-state index is 12.0. The fraction of sp³-hybridized carbons (Fsp3) is 0.125. The Balaban J connectivity index is 2.05. The molecule has 0 unspecified atom stereocenters. The summed E-state index contributed by atoms with van der Waals surface area (Å²) in [7, 11) is 3.82. The number of anilines is 1. The van der Waals surface area contributed by atoms with Crippen LogP contribution in [-0.4, -0.2) is 31.1 Å². The van der Waals surface area contributed by atoms with Crippen LogP contribution in [0, 0.1) is 10.1 Å². The van der Waals surface area contributed by atoms with Crippen molar-refractivity contribution in [2.45, 2.75) is 0 Å². The largest absolute Gasteiger partial charge is 0.378 e. The molecular weight excluding hydrogens is 296 g/mol. The number of nitrogens with zero attached hydrogens (tertiary/aromatic N) is 3. The molecule has 0 atom stereocenters. The third-order valence-corrected chi connectivity index (χ3v) is 3.15. The second-order valence-electron chi connectivity index (χ2n) is 4.96. The number of carbonyl (C=O) groups excluding carboxylic acids is 1. The lowest BCUT2D eigenvalue weighted by Crippen LogP contribution is -2.18. The van der Waals surface area contributed by atoms with Crippen molar-refractivity contribution in [1.82, 2.24) is 5.43 Å². The van der Waals surface area contributed by atoms with Gasteiger partial charge in [-0.1, -0.05) is 12.1 Å². The first-order valence-corrected chi connectivity index (χ1v) is 6.83. The van der Waals surface area contributed by atoms with E-state index in [2.05, 4.69) is 10.5 Å². The molecule has 0 saturated carbocycles. The Labute approximate surface area is 133 Å². The predicted molar refractivity (Wildman–Crippen MR) is 88.9 cm³/mol. The summed E-state index contributed by atoms with van der Waals surface area (Å²) >= 11 is 0. The third-order valence-electron chi connectivity index (χ3n) is 3.15. The van der Waals surface area contributed by atoms with E-state index in [0.29, 0.717) is 11.1 Å². The van der Waals surface area contributed by atoms with Crippen LogP contribution < -0.4 is 10.3 Å². The molecule has 1 amide bonds. The van der Waals surface area contributed by atoms with Crippen LogP contribution in [0.2, 0.25) is 0 Å². The normalized spacial score (nSPS) is 10.5. The number of nitrogens with one attached hydrogen (secondary N) is 1. The zero-order chi connectivity index (χ0) is 16.8. The van der Waals surface area contributed by atoms with E-state index in [1.54, 1.807) is 30.3 Å². The number of hydrogen-bond donors (Lipinski definition) is 1. The highest BCUT2D eigenvalue weighted by Crippen LogP contribution is 2.15. The van der Waals surface area contributed by atoms with Gasteiger partial charge in [-0.05, 0) is 30.3 Å². The number of rotatable bonds is 5. The maximum Gasteiger partial charge on any atom is 0.278 e. The molecule has 0 aliphatic rings. The molecule has 23 heavy (non-hydrogen) atoms. The molecule has 7 nitrogen and oxygen atoms in total. The van der Waals surface area contributed by atoms with E-state index in [1.165, 1.54) is 12.3 Å². The van der Waals surface area contributed by atoms with Crippen molar-refractivity contribution in [2.75, 3.05) is 19.0 Å². The summed E-state index contributed by atoms with van der Waals surface area (Å²) in [5.74, 6) is -0.384. The average Bonchev–Trinajstić information content (AvgIpc) is 2.55. The number of para-hydroxylation sites is 1. The lowest BCUT2D eigenvalue weighted by Gasteiger charge is -2.12. The van der Waals surface area contributed by atoms with E-state index < -0.39 is 4.92 Å². The van der Waals surface area contributed by atoms with Gasteiger partial charge in [0.15, 0.2) is 0 Å². The molecule has 0 aliphatic heterocycles. The van der Waals surface area contributed by atoms with Crippen LogP contribution in [0.25, 0.3) is 0 Å². The van der Waals surface area contributed by atoms with Crippen LogP contribution in [0.3, 0.4) is 0 Å². The van der Waals surface area contributed by atoms with Crippen LogP contribution >= 0.6 is 0 Å². The second kappa shape index (κ2) is 7.17. The fourth-order valence-corrected chi connectivity index (χ4v) is 1.90. The van der Waals surface area contributed by atoms with E-state index in [9.17, 15) is 14.9 Å². The lowest BCUT2D eigenvalue weighted by molar-refractivity contribution is -0.385. The molecule has 0 saturated heterocycles. The highest BCUT2D eigenvalue weighted by molar-refractivity contribution is 5.95. The first-order valence-electron chi connectivity index (χ1n) is 6.83. The smallest absolute Gasteiger partial charge is 0.278 e. The summed E-state index contributed by atoms with van der Waals surface area (Å²) in [6.45, 7) is 0. The monoisotopic (exact) mass is 312 g/mol. The number of hydrogen-bond acceptors (Lipinski definition) is 5. The molecule has 0 aliphatic carbocycles. The highest BCUT2D eigenvalue weighted by atomic mass is 16.6. The number of amides is 1. The second-order valence-corrected chi connectivity index (χ2v) is 4.96. The Morgan fingerprint density at radius 3 is 2.43 bits per heavy atom. The van der Waals surface area contributed by atoms with Crippen molar-refractivity contribution >= 4 is 23.5 Å². The molecule has 2 aromatic carbocycles. The van der Waals surface area contributed by atoms with Gasteiger partial charge in [0, 0.05) is 31.4 Å². The Morgan fingerprint density at radius 2 is 1.83 bits per heavy atom. The van der Waals surface area contributed by atoms with E-state index in [-0.39, 0.29) is 11.6 Å². The molecule has 118 valence electrons. The van der Waals surface area contributed by atoms with Gasteiger partial charge in [-0.25, -0.2) is 5.43 Å². The molecule has 2 rings (SSSR count). The van der Waals surface area contributed by atoms with Crippen molar-refractivity contribution in [1.29, 1.82) is 0 Å². The van der Waals surface area contributed by atoms with Crippen molar-refractivity contribution in [3.05, 3.63) is 69.8 Å². The minimum atomic E-state index is -0.497. The Hall–Kier alpha value is -3.22. The number of benzene rings is 2. The Morgan fingerprint density at radius 1 is 1.17 bits per heavy atom. The summed E-state index contributed by atoms with van der Waals surface area (Å²) in [5.41, 5.74) is 4.04. The van der Waals surface area contributed by atoms with Gasteiger partial charge in [0.2, 0.25) is 0 Å². The summed E-state index contributed by atoms with van der Waals surface area (Å²) in [4.78, 5) is 24.3. The fourth-order valence-electron chi connectivity index (χ4n) is 1.90. The van der Waals surface area contributed by atoms with Gasteiger partial charge in [-0.15, -0.1) is 0 Å². The highest BCUT2D eigenvalue weighted by Gasteiger charge is 2.10. The zero-order valence-corrected chi connectivity index (χ0v) is 12.8. The molecule has 0 heterocycles. The van der Waals surface area contributed by atoms with Crippen molar-refractivity contribution in [2.24, 2.45) is 5.10 Å². The number of carbonyl (C=O) groups is 1. The number of nitro benzene ring substituents is 1. The summed E-state index contributed by atoms with van der Waals surface area (Å²) in [6.07, 6.45) is 1.25. The molecule has 0 spiro atoms. The number of hydrazone groups is 1. The van der Waals surface area contributed by atoms with Gasteiger partial charge in [-0.3, -0.25) is 14.9 Å². The van der Waals surface area contributed by atoms with E-state index in [0.717, 1.165) is 5.69 Å². The first-order chi connectivity index (χ1) is 11.0. The lowest BCUT2D eigenvalue weighted by atomic mass is 10.2. The van der Waals surface area contributed by atoms with Gasteiger partial charge >= 0.3 is 0 Å². The minimum Gasteiger partial charge on any atom is -0.378 e. The number of nitro groups is 1. The topological polar surface area (TPSA) is 87.8 Å². The van der Waals surface area contributed by atoms with Gasteiger partial charge in [0.25, 0.3) is 11.6 Å². The zero-order valence-electron chi connectivity index (χ0n) is 12.8. The summed E-state index contributed by atoms with van der Waals surface area (Å²) < 4.78 is 0. The van der Waals surface area contributed by atoms with Crippen LogP contribution in [0.1, 0.15) is 15.9 Å². The quantitative estimate of drug-likeness (QED) is 0.522. The van der Waals surface area contributed by atoms with Crippen LogP contribution in [-0.2, 0) is 0 Å².